The minimum absolute atomic E-state index is 0. The highest BCUT2D eigenvalue weighted by Gasteiger charge is 2.16. The Morgan fingerprint density at radius 1 is 1.15 bits per heavy atom. The summed E-state index contributed by atoms with van der Waals surface area (Å²) in [5, 5.41) is 4.30. The highest BCUT2D eigenvalue weighted by atomic mass is 15.3. The Kier molecular flexibility index (Phi) is 4.14. The lowest BCUT2D eigenvalue weighted by molar-refractivity contribution is 0.809. The zero-order chi connectivity index (χ0) is 17.9. The van der Waals surface area contributed by atoms with Crippen LogP contribution in [0.1, 0.15) is 15.3 Å². The van der Waals surface area contributed by atoms with Gasteiger partial charge in [-0.05, 0) is 30.7 Å². The van der Waals surface area contributed by atoms with Crippen LogP contribution >= 0.6 is 0 Å². The van der Waals surface area contributed by atoms with Crippen LogP contribution in [0.2, 0.25) is 0 Å². The van der Waals surface area contributed by atoms with E-state index in [4.69, 9.17) is 5.73 Å². The summed E-state index contributed by atoms with van der Waals surface area (Å²) in [4.78, 5) is 19.4. The molecule has 0 bridgehead atoms. The summed E-state index contributed by atoms with van der Waals surface area (Å²) >= 11 is 0. The molecule has 4 aromatic heterocycles. The number of nitrogens with two attached hydrogens (primary N) is 1. The Labute approximate surface area is 153 Å². The second kappa shape index (κ2) is 6.75. The van der Waals surface area contributed by atoms with Gasteiger partial charge in [-0.3, -0.25) is 4.98 Å². The molecule has 26 heavy (non-hydrogen) atoms. The van der Waals surface area contributed by atoms with Crippen LogP contribution in [0.3, 0.4) is 0 Å². The number of hydrogen-bond donors (Lipinski definition) is 1. The van der Waals surface area contributed by atoms with Crippen LogP contribution in [-0.4, -0.2) is 36.1 Å². The van der Waals surface area contributed by atoms with Gasteiger partial charge >= 0.3 is 0 Å². The minimum atomic E-state index is 0. The van der Waals surface area contributed by atoms with Crippen LogP contribution in [0.5, 0.6) is 0 Å². The molecule has 4 heterocycles. The van der Waals surface area contributed by atoms with Crippen LogP contribution in [-0.2, 0) is 6.54 Å². The van der Waals surface area contributed by atoms with Gasteiger partial charge in [0.15, 0.2) is 11.5 Å². The summed E-state index contributed by atoms with van der Waals surface area (Å²) in [5.74, 6) is 1.22. The molecule has 134 valence electrons. The van der Waals surface area contributed by atoms with Crippen molar-refractivity contribution in [3.63, 3.8) is 0 Å². The molecule has 4 aromatic rings. The smallest absolute Gasteiger partial charge is 0.166 e. The lowest BCUT2D eigenvalue weighted by Crippen LogP contribution is -2.23. The third-order valence-electron chi connectivity index (χ3n) is 4.16. The van der Waals surface area contributed by atoms with Crippen molar-refractivity contribution < 1.29 is 2.85 Å². The fourth-order valence-electron chi connectivity index (χ4n) is 2.87. The van der Waals surface area contributed by atoms with Crippen molar-refractivity contribution >= 4 is 17.3 Å². The molecular weight excluding hydrogens is 328 g/mol. The Hall–Kier alpha value is -3.55. The summed E-state index contributed by atoms with van der Waals surface area (Å²) in [6.45, 7) is 3.63. The topological polar surface area (TPSA) is 98.1 Å². The van der Waals surface area contributed by atoms with E-state index in [2.05, 4.69) is 36.9 Å². The average Bonchev–Trinajstić information content (AvgIpc) is 3.02. The lowest BCUT2D eigenvalue weighted by Gasteiger charge is -2.22. The molecule has 4 rings (SSSR count). The van der Waals surface area contributed by atoms with Crippen molar-refractivity contribution in [2.24, 2.45) is 0 Å². The monoisotopic (exact) mass is 350 g/mol. The van der Waals surface area contributed by atoms with E-state index in [0.29, 0.717) is 22.7 Å². The second-order valence-electron chi connectivity index (χ2n) is 5.78. The Morgan fingerprint density at radius 3 is 2.81 bits per heavy atom. The van der Waals surface area contributed by atoms with Gasteiger partial charge in [-0.15, -0.1) is 5.10 Å². The maximum atomic E-state index is 6.11. The number of anilines is 2. The molecule has 0 aliphatic rings. The first-order chi connectivity index (χ1) is 12.8. The number of nitrogen functional groups attached to an aromatic ring is 1. The summed E-state index contributed by atoms with van der Waals surface area (Å²) < 4.78 is 1.65. The van der Waals surface area contributed by atoms with Gasteiger partial charge in [-0.25, -0.2) is 19.5 Å². The van der Waals surface area contributed by atoms with E-state index < -0.39 is 0 Å². The lowest BCUT2D eigenvalue weighted by atomic mass is 10.2. The maximum Gasteiger partial charge on any atom is 0.166 e. The fourth-order valence-corrected chi connectivity index (χ4v) is 2.87. The number of hydrogen-bond acceptors (Lipinski definition) is 7. The van der Waals surface area contributed by atoms with Crippen LogP contribution in [0.15, 0.2) is 55.4 Å². The predicted molar refractivity (Wildman–Crippen MR) is 104 cm³/mol. The molecule has 0 aliphatic carbocycles. The molecule has 0 atom stereocenters. The van der Waals surface area contributed by atoms with Crippen molar-refractivity contribution in [1.82, 2.24) is 29.5 Å². The van der Waals surface area contributed by atoms with Gasteiger partial charge in [-0.2, -0.15) is 0 Å². The number of rotatable bonds is 5. The third kappa shape index (κ3) is 2.92. The molecule has 0 saturated carbocycles. The maximum absolute atomic E-state index is 6.11. The van der Waals surface area contributed by atoms with Gasteiger partial charge in [0.05, 0.1) is 11.3 Å². The summed E-state index contributed by atoms with van der Waals surface area (Å²) in [7, 11) is 0. The summed E-state index contributed by atoms with van der Waals surface area (Å²) in [5.41, 5.74) is 9.37. The average molecular weight is 350 g/mol. The van der Waals surface area contributed by atoms with Gasteiger partial charge in [0.25, 0.3) is 0 Å². The number of aromatic nitrogens is 6. The fraction of sp³-hybridized carbons (Fsp3) is 0.167. The summed E-state index contributed by atoms with van der Waals surface area (Å²) in [6.07, 6.45) is 8.65. The van der Waals surface area contributed by atoms with Crippen LogP contribution < -0.4 is 10.6 Å². The minimum Gasteiger partial charge on any atom is -0.382 e. The third-order valence-corrected chi connectivity index (χ3v) is 4.16. The highest BCUT2D eigenvalue weighted by Crippen LogP contribution is 2.29. The van der Waals surface area contributed by atoms with E-state index in [1.807, 2.05) is 30.5 Å². The molecule has 0 saturated heterocycles. The quantitative estimate of drug-likeness (QED) is 0.591. The van der Waals surface area contributed by atoms with E-state index in [1.165, 1.54) is 5.56 Å². The molecular formula is C18H22N8. The van der Waals surface area contributed by atoms with Crippen LogP contribution in [0, 0.1) is 0 Å². The van der Waals surface area contributed by atoms with E-state index in [1.54, 1.807) is 29.4 Å². The zero-order valence-electron chi connectivity index (χ0n) is 14.3. The van der Waals surface area contributed by atoms with Crippen molar-refractivity contribution in [2.75, 3.05) is 17.2 Å². The van der Waals surface area contributed by atoms with Crippen molar-refractivity contribution in [2.45, 2.75) is 13.5 Å². The second-order valence-corrected chi connectivity index (χ2v) is 5.78. The van der Waals surface area contributed by atoms with Crippen LogP contribution in [0.4, 0.5) is 11.6 Å². The standard InChI is InChI=1S/C18H18N8.2H2/c1-2-25(11-13-4-7-20-8-5-13)15-10-14(22-12-23-15)16-17(19)24-26-9-3-6-21-18(16)26;;/h3-10,12H,2,11H2,1H3,(H2,19,24);2*1H. The molecule has 0 radical (unpaired) electrons. The largest absolute Gasteiger partial charge is 0.382 e. The van der Waals surface area contributed by atoms with Gasteiger partial charge in [0.2, 0.25) is 0 Å². The molecule has 0 unspecified atom stereocenters. The molecule has 0 aromatic carbocycles. The Balaban J connectivity index is 0.00000140. The van der Waals surface area contributed by atoms with E-state index in [0.717, 1.165) is 18.9 Å². The van der Waals surface area contributed by atoms with Gasteiger partial charge in [0, 0.05) is 46.8 Å². The summed E-state index contributed by atoms with van der Waals surface area (Å²) in [6, 6.07) is 7.73. The zero-order valence-corrected chi connectivity index (χ0v) is 14.3. The van der Waals surface area contributed by atoms with Gasteiger partial charge in [-0.1, -0.05) is 0 Å². The first kappa shape index (κ1) is 15.9. The van der Waals surface area contributed by atoms with E-state index in [9.17, 15) is 0 Å². The molecule has 0 spiro atoms. The Bertz CT molecular complexity index is 1040. The van der Waals surface area contributed by atoms with E-state index >= 15 is 0 Å². The molecule has 0 aliphatic heterocycles. The molecule has 0 amide bonds. The van der Waals surface area contributed by atoms with Gasteiger partial charge < -0.3 is 10.6 Å². The first-order valence-electron chi connectivity index (χ1n) is 8.31. The first-order valence-corrected chi connectivity index (χ1v) is 8.31. The van der Waals surface area contributed by atoms with Crippen molar-refractivity contribution in [3.05, 3.63) is 60.9 Å². The molecule has 0 fully saturated rings. The van der Waals surface area contributed by atoms with E-state index in [-0.39, 0.29) is 2.85 Å². The molecule has 8 heteroatoms. The normalized spacial score (nSPS) is 11.0. The van der Waals surface area contributed by atoms with Crippen molar-refractivity contribution in [3.8, 4) is 11.3 Å². The Morgan fingerprint density at radius 2 is 2.00 bits per heavy atom. The number of nitrogens with zero attached hydrogens (tertiary/aromatic N) is 7. The SMILES string of the molecule is CCN(Cc1ccncc1)c1cc(-c2c(N)nn3cccnc23)ncn1.[HH].[HH]. The molecule has 8 nitrogen and oxygen atoms in total. The number of fused-ring (bicyclic) bond motifs is 1. The van der Waals surface area contributed by atoms with Crippen molar-refractivity contribution in [1.29, 1.82) is 0 Å². The highest BCUT2D eigenvalue weighted by molar-refractivity contribution is 5.84. The van der Waals surface area contributed by atoms with Gasteiger partial charge in [0.1, 0.15) is 12.1 Å². The predicted octanol–water partition coefficient (Wildman–Crippen LogP) is 2.68. The van der Waals surface area contributed by atoms with Crippen LogP contribution in [0.25, 0.3) is 16.9 Å². The molecule has 2 N–H and O–H groups in total. The number of pyridine rings is 1.